The van der Waals surface area contributed by atoms with Gasteiger partial charge in [0, 0.05) is 22.6 Å². The Labute approximate surface area is 137 Å². The lowest BCUT2D eigenvalue weighted by Gasteiger charge is -2.10. The third kappa shape index (κ3) is 5.92. The van der Waals surface area contributed by atoms with E-state index in [1.54, 1.807) is 19.9 Å². The number of aryl methyl sites for hydroxylation is 1. The molecule has 1 N–H and O–H groups in total. The van der Waals surface area contributed by atoms with Crippen LogP contribution in [0.4, 0.5) is 0 Å². The third-order valence-corrected chi connectivity index (χ3v) is 3.28. The molecule has 2 rings (SSSR count). The second-order valence-corrected chi connectivity index (χ2v) is 5.31. The number of benzene rings is 2. The van der Waals surface area contributed by atoms with Crippen LogP contribution >= 0.6 is 12.6 Å². The van der Waals surface area contributed by atoms with Crippen LogP contribution in [0.3, 0.4) is 0 Å². The Morgan fingerprint density at radius 1 is 1.23 bits per heavy atom. The van der Waals surface area contributed by atoms with E-state index in [-0.39, 0.29) is 12.4 Å². The zero-order chi connectivity index (χ0) is 16.5. The largest absolute Gasteiger partial charge is 0.489 e. The molecule has 0 amide bonds. The molecule has 118 valence electrons. The average molecular weight is 318 g/mol. The first-order valence-corrected chi connectivity index (χ1v) is 7.55. The number of Topliss-reactive ketones (excluding diaryl/α,β-unsaturated/α-hetero) is 1. The molecule has 0 radical (unpaired) electrons. The lowest BCUT2D eigenvalue weighted by atomic mass is 10.1. The minimum Gasteiger partial charge on any atom is -0.489 e. The van der Waals surface area contributed by atoms with Gasteiger partial charge < -0.3 is 9.84 Å². The second-order valence-electron chi connectivity index (χ2n) is 4.82. The van der Waals surface area contributed by atoms with Crippen LogP contribution in [0.25, 0.3) is 0 Å². The van der Waals surface area contributed by atoms with Gasteiger partial charge in [0.15, 0.2) is 5.78 Å². The summed E-state index contributed by atoms with van der Waals surface area (Å²) in [5, 5.41) is 7.57. The lowest BCUT2D eigenvalue weighted by Crippen LogP contribution is -1.99. The van der Waals surface area contributed by atoms with Gasteiger partial charge >= 0.3 is 0 Å². The van der Waals surface area contributed by atoms with E-state index in [1.807, 2.05) is 43.3 Å². The maximum Gasteiger partial charge on any atom is 0.159 e. The maximum absolute atomic E-state index is 11.4. The van der Waals surface area contributed by atoms with Crippen LogP contribution in [0.15, 0.2) is 47.4 Å². The minimum atomic E-state index is 0.0446. The summed E-state index contributed by atoms with van der Waals surface area (Å²) in [6.07, 6.45) is 0. The fraction of sp³-hybridized carbons (Fsp3) is 0.278. The first kappa shape index (κ1) is 18.3. The van der Waals surface area contributed by atoms with Crippen molar-refractivity contribution in [2.75, 3.05) is 6.61 Å². The smallest absolute Gasteiger partial charge is 0.159 e. The van der Waals surface area contributed by atoms with Gasteiger partial charge in [-0.05, 0) is 50.6 Å². The van der Waals surface area contributed by atoms with Gasteiger partial charge in [-0.1, -0.05) is 18.2 Å². The van der Waals surface area contributed by atoms with E-state index in [9.17, 15) is 4.79 Å². The van der Waals surface area contributed by atoms with E-state index in [0.29, 0.717) is 17.9 Å². The summed E-state index contributed by atoms with van der Waals surface area (Å²) >= 11 is 4.38. The fourth-order valence-electron chi connectivity index (χ4n) is 1.83. The zero-order valence-corrected chi connectivity index (χ0v) is 14.1. The molecule has 0 fully saturated rings. The van der Waals surface area contributed by atoms with Gasteiger partial charge in [-0.2, -0.15) is 0 Å². The molecule has 0 saturated carbocycles. The molecule has 2 aromatic rings. The van der Waals surface area contributed by atoms with Crippen molar-refractivity contribution in [1.29, 1.82) is 0 Å². The van der Waals surface area contributed by atoms with Crippen molar-refractivity contribution in [3.8, 4) is 5.75 Å². The quantitative estimate of drug-likeness (QED) is 0.660. The molecule has 0 aliphatic heterocycles. The topological polar surface area (TPSA) is 46.5 Å². The number of aliphatic hydroxyl groups excluding tert-OH is 1. The normalized spacial score (nSPS) is 9.68. The molecule has 4 heteroatoms. The second kappa shape index (κ2) is 9.28. The fourth-order valence-corrected chi connectivity index (χ4v) is 2.05. The summed E-state index contributed by atoms with van der Waals surface area (Å²) in [4.78, 5) is 12.3. The van der Waals surface area contributed by atoms with Gasteiger partial charge in [0.2, 0.25) is 0 Å². The number of hydrogen-bond donors (Lipinski definition) is 2. The Balaban J connectivity index is 0.000000745. The van der Waals surface area contributed by atoms with Crippen molar-refractivity contribution in [2.24, 2.45) is 0 Å². The maximum atomic E-state index is 11.4. The molecular formula is C18H22O3S. The minimum absolute atomic E-state index is 0.0446. The van der Waals surface area contributed by atoms with Gasteiger partial charge in [-0.15, -0.1) is 12.6 Å². The number of aliphatic hydroxyl groups is 1. The summed E-state index contributed by atoms with van der Waals surface area (Å²) in [5.74, 6) is 0.755. The molecule has 0 aliphatic carbocycles. The standard InChI is InChI=1S/C16H16O2S.C2H6O/c1-11-7-14(12(2)17)9-15(8-11)18-10-13-5-3-4-6-16(13)19;1-2-3/h3-9,19H,10H2,1-2H3;3H,2H2,1H3. The van der Waals surface area contributed by atoms with Crippen LogP contribution in [-0.4, -0.2) is 17.5 Å². The van der Waals surface area contributed by atoms with E-state index >= 15 is 0 Å². The van der Waals surface area contributed by atoms with Crippen molar-refractivity contribution < 1.29 is 14.6 Å². The molecule has 22 heavy (non-hydrogen) atoms. The lowest BCUT2D eigenvalue weighted by molar-refractivity contribution is 0.101. The molecule has 0 bridgehead atoms. The Morgan fingerprint density at radius 3 is 2.45 bits per heavy atom. The van der Waals surface area contributed by atoms with Crippen molar-refractivity contribution in [3.63, 3.8) is 0 Å². The van der Waals surface area contributed by atoms with Crippen molar-refractivity contribution in [2.45, 2.75) is 32.3 Å². The van der Waals surface area contributed by atoms with Crippen LogP contribution < -0.4 is 4.74 Å². The monoisotopic (exact) mass is 318 g/mol. The summed E-state index contributed by atoms with van der Waals surface area (Å²) in [7, 11) is 0. The predicted molar refractivity (Wildman–Crippen MR) is 92.0 cm³/mol. The Bertz CT molecular complexity index is 623. The van der Waals surface area contributed by atoms with E-state index in [1.165, 1.54) is 0 Å². The van der Waals surface area contributed by atoms with Gasteiger partial charge in [0.25, 0.3) is 0 Å². The predicted octanol–water partition coefficient (Wildman–Crippen LogP) is 4.06. The van der Waals surface area contributed by atoms with Crippen LogP contribution in [-0.2, 0) is 6.61 Å². The molecule has 0 aromatic heterocycles. The van der Waals surface area contributed by atoms with Gasteiger partial charge in [-0.25, -0.2) is 0 Å². The Hall–Kier alpha value is -1.78. The molecule has 2 aromatic carbocycles. The Morgan fingerprint density at radius 2 is 1.86 bits per heavy atom. The summed E-state index contributed by atoms with van der Waals surface area (Å²) in [5.41, 5.74) is 2.72. The first-order chi connectivity index (χ1) is 10.5. The SMILES string of the molecule is CC(=O)c1cc(C)cc(OCc2ccccc2S)c1.CCO. The highest BCUT2D eigenvalue weighted by molar-refractivity contribution is 7.80. The van der Waals surface area contributed by atoms with Crippen molar-refractivity contribution in [3.05, 3.63) is 59.2 Å². The number of thiol groups is 1. The molecule has 0 unspecified atom stereocenters. The number of hydrogen-bond acceptors (Lipinski definition) is 4. The highest BCUT2D eigenvalue weighted by Gasteiger charge is 2.05. The number of ether oxygens (including phenoxy) is 1. The molecule has 0 heterocycles. The highest BCUT2D eigenvalue weighted by Crippen LogP contribution is 2.20. The molecule has 0 atom stereocenters. The number of carbonyl (C=O) groups excluding carboxylic acids is 1. The van der Waals surface area contributed by atoms with E-state index in [2.05, 4.69) is 12.6 Å². The molecule has 0 saturated heterocycles. The number of rotatable bonds is 4. The number of carbonyl (C=O) groups is 1. The Kier molecular flexibility index (Phi) is 7.71. The van der Waals surface area contributed by atoms with Crippen LogP contribution in [0.5, 0.6) is 5.75 Å². The third-order valence-electron chi connectivity index (χ3n) is 2.84. The average Bonchev–Trinajstić information content (AvgIpc) is 2.46. The van der Waals surface area contributed by atoms with Crippen molar-refractivity contribution in [1.82, 2.24) is 0 Å². The molecule has 0 spiro atoms. The van der Waals surface area contributed by atoms with Gasteiger partial charge in [0.05, 0.1) is 0 Å². The summed E-state index contributed by atoms with van der Waals surface area (Å²) < 4.78 is 5.74. The van der Waals surface area contributed by atoms with E-state index < -0.39 is 0 Å². The van der Waals surface area contributed by atoms with Crippen molar-refractivity contribution >= 4 is 18.4 Å². The van der Waals surface area contributed by atoms with Gasteiger partial charge in [-0.3, -0.25) is 4.79 Å². The molecular weight excluding hydrogens is 296 g/mol. The zero-order valence-electron chi connectivity index (χ0n) is 13.2. The van der Waals surface area contributed by atoms with Gasteiger partial charge in [0.1, 0.15) is 12.4 Å². The van der Waals surface area contributed by atoms with Crippen LogP contribution in [0, 0.1) is 6.92 Å². The van der Waals surface area contributed by atoms with Crippen LogP contribution in [0.1, 0.15) is 35.3 Å². The summed E-state index contributed by atoms with van der Waals surface area (Å²) in [6, 6.07) is 13.4. The van der Waals surface area contributed by atoms with Crippen LogP contribution in [0.2, 0.25) is 0 Å². The molecule has 3 nitrogen and oxygen atoms in total. The number of ketones is 1. The first-order valence-electron chi connectivity index (χ1n) is 7.11. The molecule has 0 aliphatic rings. The highest BCUT2D eigenvalue weighted by atomic mass is 32.1. The van der Waals surface area contributed by atoms with E-state index in [4.69, 9.17) is 9.84 Å². The van der Waals surface area contributed by atoms with E-state index in [0.717, 1.165) is 16.0 Å². The summed E-state index contributed by atoms with van der Waals surface area (Å²) in [6.45, 7) is 5.88.